The molecule has 0 heterocycles. The minimum Gasteiger partial charge on any atom is -0.457 e. The molecule has 1 atom stereocenters. The molecule has 0 saturated carbocycles. The van der Waals surface area contributed by atoms with Crippen molar-refractivity contribution in [3.05, 3.63) is 4.85 Å². The average Bonchev–Trinajstić information content (AvgIpc) is 1.97. The molecule has 0 aliphatic heterocycles. The van der Waals surface area contributed by atoms with E-state index in [1.807, 2.05) is 0 Å². The van der Waals surface area contributed by atoms with Crippen LogP contribution in [0.25, 0.3) is 4.85 Å². The summed E-state index contributed by atoms with van der Waals surface area (Å²) in [6.07, 6.45) is 0.851. The van der Waals surface area contributed by atoms with Gasteiger partial charge < -0.3 is 4.74 Å². The summed E-state index contributed by atoms with van der Waals surface area (Å²) in [5, 5.41) is 0. The third-order valence-corrected chi connectivity index (χ3v) is 1.43. The summed E-state index contributed by atoms with van der Waals surface area (Å²) in [5.74, 6) is 0.227. The maximum Gasteiger partial charge on any atom is 0.305 e. The molecule has 0 spiro atoms. The first-order chi connectivity index (χ1) is 5.56. The van der Waals surface area contributed by atoms with Crippen LogP contribution in [-0.2, 0) is 9.53 Å². The van der Waals surface area contributed by atoms with Crippen molar-refractivity contribution in [3.8, 4) is 6.57 Å². The van der Waals surface area contributed by atoms with Gasteiger partial charge in [0.2, 0.25) is 0 Å². The van der Waals surface area contributed by atoms with E-state index in [0.29, 0.717) is 12.5 Å². The highest BCUT2D eigenvalue weighted by molar-refractivity contribution is 5.65. The summed E-state index contributed by atoms with van der Waals surface area (Å²) < 4.78 is 4.78. The summed E-state index contributed by atoms with van der Waals surface area (Å²) in [6, 6.07) is -0.0612. The molecule has 0 bridgehead atoms. The zero-order valence-electron chi connectivity index (χ0n) is 7.91. The first kappa shape index (κ1) is 11.0. The summed E-state index contributed by atoms with van der Waals surface area (Å²) >= 11 is 0. The van der Waals surface area contributed by atoms with E-state index in [2.05, 4.69) is 18.7 Å². The molecular weight excluding hydrogens is 154 g/mol. The lowest BCUT2D eigenvalue weighted by Gasteiger charge is -2.04. The lowest BCUT2D eigenvalue weighted by molar-refractivity contribution is -0.141. The topological polar surface area (TPSA) is 30.7 Å². The van der Waals surface area contributed by atoms with Gasteiger partial charge in [0.1, 0.15) is 0 Å². The lowest BCUT2D eigenvalue weighted by Crippen LogP contribution is -2.16. The Bertz CT molecular complexity index is 181. The van der Waals surface area contributed by atoms with Gasteiger partial charge in [0, 0.05) is 13.3 Å². The maximum atomic E-state index is 10.4. The van der Waals surface area contributed by atoms with Crippen molar-refractivity contribution in [2.45, 2.75) is 33.2 Å². The van der Waals surface area contributed by atoms with Gasteiger partial charge in [-0.15, -0.1) is 0 Å². The summed E-state index contributed by atoms with van der Waals surface area (Å²) in [5.41, 5.74) is 0. The molecule has 0 aliphatic rings. The van der Waals surface area contributed by atoms with E-state index in [4.69, 9.17) is 11.3 Å². The van der Waals surface area contributed by atoms with Gasteiger partial charge in [-0.3, -0.25) is 4.79 Å². The van der Waals surface area contributed by atoms with Crippen molar-refractivity contribution < 1.29 is 9.53 Å². The molecule has 0 N–H and O–H groups in total. The molecule has 68 valence electrons. The van der Waals surface area contributed by atoms with Crippen LogP contribution in [-0.4, -0.2) is 18.6 Å². The molecule has 1 unspecified atom stereocenters. The molecule has 0 aromatic rings. The van der Waals surface area contributed by atoms with Crippen molar-refractivity contribution in [2.24, 2.45) is 5.92 Å². The maximum absolute atomic E-state index is 10.4. The molecule has 0 fully saturated rings. The Morgan fingerprint density at radius 2 is 2.17 bits per heavy atom. The van der Waals surface area contributed by atoms with Gasteiger partial charge in [-0.05, 0) is 5.92 Å². The standard InChI is InChI=1S/C9H16NO2/c1-7(2)5-9(10-4)6-12-8(3)11/h4,7,9H,5-6H2,1-3H3/q+1. The lowest BCUT2D eigenvalue weighted by atomic mass is 10.1. The van der Waals surface area contributed by atoms with Crippen molar-refractivity contribution in [2.75, 3.05) is 6.61 Å². The van der Waals surface area contributed by atoms with Crippen LogP contribution in [0.3, 0.4) is 0 Å². The van der Waals surface area contributed by atoms with Gasteiger partial charge in [-0.25, -0.2) is 0 Å². The molecule has 0 aromatic heterocycles. The minimum absolute atomic E-state index is 0.0612. The summed E-state index contributed by atoms with van der Waals surface area (Å²) in [7, 11) is 0. The number of esters is 1. The Kier molecular flexibility index (Phi) is 5.11. The summed E-state index contributed by atoms with van der Waals surface area (Å²) in [6.45, 7) is 11.0. The molecule has 3 heteroatoms. The van der Waals surface area contributed by atoms with Gasteiger partial charge in [-0.1, -0.05) is 18.7 Å². The Morgan fingerprint density at radius 3 is 2.50 bits per heavy atom. The van der Waals surface area contributed by atoms with Crippen LogP contribution >= 0.6 is 0 Å². The second-order valence-electron chi connectivity index (χ2n) is 3.24. The number of hydrogen-bond acceptors (Lipinski definition) is 2. The van der Waals surface area contributed by atoms with Crippen molar-refractivity contribution in [1.82, 2.24) is 0 Å². The number of ether oxygens (including phenoxy) is 1. The third kappa shape index (κ3) is 5.72. The number of carbonyl (C=O) groups is 1. The second kappa shape index (κ2) is 5.59. The fourth-order valence-electron chi connectivity index (χ4n) is 0.930. The third-order valence-electron chi connectivity index (χ3n) is 1.43. The van der Waals surface area contributed by atoms with Crippen LogP contribution in [0.5, 0.6) is 0 Å². The Balaban J connectivity index is 3.70. The predicted octanol–water partition coefficient (Wildman–Crippen LogP) is 1.93. The van der Waals surface area contributed by atoms with Gasteiger partial charge in [0.05, 0.1) is 0 Å². The van der Waals surface area contributed by atoms with E-state index in [9.17, 15) is 4.79 Å². The van der Waals surface area contributed by atoms with Crippen LogP contribution in [0, 0.1) is 12.5 Å². The molecule has 0 aromatic carbocycles. The first-order valence-corrected chi connectivity index (χ1v) is 4.09. The molecule has 0 amide bonds. The van der Waals surface area contributed by atoms with Crippen LogP contribution in [0.15, 0.2) is 0 Å². The van der Waals surface area contributed by atoms with E-state index in [-0.39, 0.29) is 12.0 Å². The van der Waals surface area contributed by atoms with Crippen molar-refractivity contribution >= 4 is 5.97 Å². The smallest absolute Gasteiger partial charge is 0.305 e. The largest absolute Gasteiger partial charge is 0.457 e. The Morgan fingerprint density at radius 1 is 1.58 bits per heavy atom. The van der Waals surface area contributed by atoms with Gasteiger partial charge in [-0.2, -0.15) is 0 Å². The monoisotopic (exact) mass is 170 g/mol. The van der Waals surface area contributed by atoms with Gasteiger partial charge in [0.15, 0.2) is 6.61 Å². The minimum atomic E-state index is -0.285. The van der Waals surface area contributed by atoms with Crippen LogP contribution in [0.1, 0.15) is 27.2 Å². The fourth-order valence-corrected chi connectivity index (χ4v) is 0.930. The highest BCUT2D eigenvalue weighted by Gasteiger charge is 2.19. The van der Waals surface area contributed by atoms with Gasteiger partial charge in [0.25, 0.3) is 6.57 Å². The molecular formula is C9H16NO2+. The van der Waals surface area contributed by atoms with Crippen LogP contribution in [0.4, 0.5) is 0 Å². The highest BCUT2D eigenvalue weighted by atomic mass is 16.5. The summed E-state index contributed by atoms with van der Waals surface area (Å²) in [4.78, 5) is 14.1. The SMILES string of the molecule is C#[N+]C(COC(C)=O)CC(C)C. The zero-order chi connectivity index (χ0) is 9.56. The van der Waals surface area contributed by atoms with E-state index in [1.54, 1.807) is 0 Å². The molecule has 0 rings (SSSR count). The molecule has 0 aliphatic carbocycles. The zero-order valence-corrected chi connectivity index (χ0v) is 7.91. The number of carbonyl (C=O) groups excluding carboxylic acids is 1. The molecule has 12 heavy (non-hydrogen) atoms. The number of hydrogen-bond donors (Lipinski definition) is 0. The molecule has 3 nitrogen and oxygen atoms in total. The normalized spacial score (nSPS) is 12.2. The first-order valence-electron chi connectivity index (χ1n) is 4.09. The van der Waals surface area contributed by atoms with Gasteiger partial charge >= 0.3 is 12.0 Å². The van der Waals surface area contributed by atoms with Crippen LogP contribution in [0.2, 0.25) is 0 Å². The number of nitrogens with zero attached hydrogens (tertiary/aromatic N) is 1. The second-order valence-corrected chi connectivity index (χ2v) is 3.24. The average molecular weight is 170 g/mol. The molecule has 0 saturated heterocycles. The van der Waals surface area contributed by atoms with E-state index >= 15 is 0 Å². The number of rotatable bonds is 4. The highest BCUT2D eigenvalue weighted by Crippen LogP contribution is 2.08. The Labute approximate surface area is 73.5 Å². The van der Waals surface area contributed by atoms with Crippen molar-refractivity contribution in [3.63, 3.8) is 0 Å². The Hall–Kier alpha value is -1.04. The van der Waals surface area contributed by atoms with E-state index < -0.39 is 0 Å². The predicted molar refractivity (Wildman–Crippen MR) is 48.2 cm³/mol. The van der Waals surface area contributed by atoms with E-state index in [1.165, 1.54) is 6.92 Å². The van der Waals surface area contributed by atoms with Crippen molar-refractivity contribution in [1.29, 1.82) is 0 Å². The van der Waals surface area contributed by atoms with E-state index in [0.717, 1.165) is 6.42 Å². The fraction of sp³-hybridized carbons (Fsp3) is 0.778. The van der Waals surface area contributed by atoms with Crippen LogP contribution < -0.4 is 0 Å². The quantitative estimate of drug-likeness (QED) is 0.603. The molecule has 0 radical (unpaired) electrons.